The third kappa shape index (κ3) is 3.91. The summed E-state index contributed by atoms with van der Waals surface area (Å²) in [6.45, 7) is 3.84. The zero-order valence-corrected chi connectivity index (χ0v) is 10.7. The minimum atomic E-state index is -4.31. The SMILES string of the molecule is CCCCC(C)c1cc(Cl)ccc1C(F)(F)F. The van der Waals surface area contributed by atoms with Gasteiger partial charge in [0.1, 0.15) is 0 Å². The molecule has 96 valence electrons. The molecule has 0 spiro atoms. The van der Waals surface area contributed by atoms with Crippen molar-refractivity contribution in [2.75, 3.05) is 0 Å². The molecule has 0 aromatic heterocycles. The van der Waals surface area contributed by atoms with Crippen molar-refractivity contribution in [1.29, 1.82) is 0 Å². The first-order valence-corrected chi connectivity index (χ1v) is 6.10. The Kier molecular flexibility index (Phi) is 4.87. The second kappa shape index (κ2) is 5.76. The van der Waals surface area contributed by atoms with Crippen molar-refractivity contribution in [2.24, 2.45) is 0 Å². The molecule has 1 rings (SSSR count). The molecule has 0 aliphatic heterocycles. The van der Waals surface area contributed by atoms with E-state index >= 15 is 0 Å². The number of benzene rings is 1. The Morgan fingerprint density at radius 3 is 2.47 bits per heavy atom. The lowest BCUT2D eigenvalue weighted by atomic mass is 9.91. The highest BCUT2D eigenvalue weighted by Crippen LogP contribution is 2.37. The molecule has 0 radical (unpaired) electrons. The fourth-order valence-corrected chi connectivity index (χ4v) is 2.05. The minimum absolute atomic E-state index is 0.120. The molecule has 1 aromatic carbocycles. The summed E-state index contributed by atoms with van der Waals surface area (Å²) in [5.74, 6) is -0.120. The lowest BCUT2D eigenvalue weighted by Crippen LogP contribution is -2.11. The van der Waals surface area contributed by atoms with E-state index in [2.05, 4.69) is 0 Å². The van der Waals surface area contributed by atoms with Crippen molar-refractivity contribution >= 4 is 11.6 Å². The van der Waals surface area contributed by atoms with Crippen LogP contribution in [0.1, 0.15) is 50.2 Å². The zero-order valence-electron chi connectivity index (χ0n) is 9.94. The Bertz CT molecular complexity index is 371. The van der Waals surface area contributed by atoms with Gasteiger partial charge >= 0.3 is 6.18 Å². The van der Waals surface area contributed by atoms with Gasteiger partial charge in [-0.15, -0.1) is 0 Å². The van der Waals surface area contributed by atoms with Crippen LogP contribution < -0.4 is 0 Å². The van der Waals surface area contributed by atoms with Gasteiger partial charge in [0.05, 0.1) is 5.56 Å². The van der Waals surface area contributed by atoms with Crippen molar-refractivity contribution < 1.29 is 13.2 Å². The summed E-state index contributed by atoms with van der Waals surface area (Å²) in [6, 6.07) is 3.80. The maximum Gasteiger partial charge on any atom is 0.416 e. The van der Waals surface area contributed by atoms with Gasteiger partial charge in [-0.05, 0) is 36.1 Å². The molecular formula is C13H16ClF3. The molecule has 0 saturated carbocycles. The number of alkyl halides is 3. The van der Waals surface area contributed by atoms with E-state index in [0.717, 1.165) is 25.3 Å². The Morgan fingerprint density at radius 2 is 1.94 bits per heavy atom. The smallest absolute Gasteiger partial charge is 0.166 e. The average molecular weight is 265 g/mol. The number of hydrogen-bond acceptors (Lipinski definition) is 0. The number of hydrogen-bond donors (Lipinski definition) is 0. The van der Waals surface area contributed by atoms with E-state index in [-0.39, 0.29) is 5.92 Å². The summed E-state index contributed by atoms with van der Waals surface area (Å²) in [5, 5.41) is 0.358. The van der Waals surface area contributed by atoms with E-state index in [9.17, 15) is 13.2 Å². The molecular weight excluding hydrogens is 249 g/mol. The molecule has 1 aromatic rings. The highest BCUT2D eigenvalue weighted by atomic mass is 35.5. The normalized spacial score (nSPS) is 13.8. The summed E-state index contributed by atoms with van der Waals surface area (Å²) < 4.78 is 38.5. The monoisotopic (exact) mass is 264 g/mol. The lowest BCUT2D eigenvalue weighted by molar-refractivity contribution is -0.138. The fourth-order valence-electron chi connectivity index (χ4n) is 1.87. The first-order valence-electron chi connectivity index (χ1n) is 5.73. The quantitative estimate of drug-likeness (QED) is 0.659. The first kappa shape index (κ1) is 14.4. The maximum atomic E-state index is 12.8. The second-order valence-electron chi connectivity index (χ2n) is 4.27. The first-order chi connectivity index (χ1) is 7.86. The molecule has 0 nitrogen and oxygen atoms in total. The van der Waals surface area contributed by atoms with Crippen LogP contribution in [0.4, 0.5) is 13.2 Å². The summed E-state index contributed by atoms with van der Waals surface area (Å²) in [7, 11) is 0. The Balaban J connectivity index is 3.07. The van der Waals surface area contributed by atoms with Gasteiger partial charge in [-0.2, -0.15) is 13.2 Å². The third-order valence-corrected chi connectivity index (χ3v) is 3.08. The van der Waals surface area contributed by atoms with Gasteiger partial charge in [-0.1, -0.05) is 38.3 Å². The topological polar surface area (TPSA) is 0 Å². The predicted octanol–water partition coefficient (Wildman–Crippen LogP) is 5.65. The van der Waals surface area contributed by atoms with E-state index in [4.69, 9.17) is 11.6 Å². The predicted molar refractivity (Wildman–Crippen MR) is 64.4 cm³/mol. The third-order valence-electron chi connectivity index (χ3n) is 2.84. The van der Waals surface area contributed by atoms with Crippen LogP contribution in [0, 0.1) is 0 Å². The van der Waals surface area contributed by atoms with Crippen molar-refractivity contribution in [2.45, 2.75) is 45.2 Å². The minimum Gasteiger partial charge on any atom is -0.166 e. The van der Waals surface area contributed by atoms with Gasteiger partial charge in [0.25, 0.3) is 0 Å². The molecule has 1 unspecified atom stereocenters. The molecule has 0 amide bonds. The Hall–Kier alpha value is -0.700. The molecule has 0 heterocycles. The Labute approximate surface area is 105 Å². The molecule has 1 atom stereocenters. The summed E-state index contributed by atoms with van der Waals surface area (Å²) in [6.07, 6.45) is -1.66. The van der Waals surface area contributed by atoms with Crippen LogP contribution in [0.5, 0.6) is 0 Å². The highest BCUT2D eigenvalue weighted by Gasteiger charge is 2.34. The summed E-state index contributed by atoms with van der Waals surface area (Å²) >= 11 is 5.78. The van der Waals surface area contributed by atoms with Crippen LogP contribution in [-0.2, 0) is 6.18 Å². The van der Waals surface area contributed by atoms with Crippen LogP contribution in [0.3, 0.4) is 0 Å². The summed E-state index contributed by atoms with van der Waals surface area (Å²) in [4.78, 5) is 0. The van der Waals surface area contributed by atoms with Crippen LogP contribution in [-0.4, -0.2) is 0 Å². The number of unbranched alkanes of at least 4 members (excludes halogenated alkanes) is 1. The standard InChI is InChI=1S/C13H16ClF3/c1-3-4-5-9(2)11-8-10(14)6-7-12(11)13(15,16)17/h6-9H,3-5H2,1-2H3. The molecule has 17 heavy (non-hydrogen) atoms. The molecule has 0 fully saturated rings. The molecule has 0 aliphatic carbocycles. The van der Waals surface area contributed by atoms with Gasteiger partial charge in [0.2, 0.25) is 0 Å². The summed E-state index contributed by atoms with van der Waals surface area (Å²) in [5.41, 5.74) is -0.260. The second-order valence-corrected chi connectivity index (χ2v) is 4.71. The van der Waals surface area contributed by atoms with Crippen LogP contribution in [0.15, 0.2) is 18.2 Å². The molecule has 4 heteroatoms. The zero-order chi connectivity index (χ0) is 13.1. The van der Waals surface area contributed by atoms with E-state index in [0.29, 0.717) is 10.6 Å². The van der Waals surface area contributed by atoms with Crippen molar-refractivity contribution in [1.82, 2.24) is 0 Å². The lowest BCUT2D eigenvalue weighted by Gasteiger charge is -2.18. The fraction of sp³-hybridized carbons (Fsp3) is 0.538. The van der Waals surface area contributed by atoms with E-state index < -0.39 is 11.7 Å². The van der Waals surface area contributed by atoms with E-state index in [1.807, 2.05) is 13.8 Å². The van der Waals surface area contributed by atoms with Gasteiger partial charge in [0.15, 0.2) is 0 Å². The van der Waals surface area contributed by atoms with E-state index in [1.165, 1.54) is 12.1 Å². The maximum absolute atomic E-state index is 12.8. The van der Waals surface area contributed by atoms with Crippen molar-refractivity contribution in [3.8, 4) is 0 Å². The van der Waals surface area contributed by atoms with Crippen molar-refractivity contribution in [3.05, 3.63) is 34.3 Å². The molecule has 0 bridgehead atoms. The van der Waals surface area contributed by atoms with Gasteiger partial charge in [-0.25, -0.2) is 0 Å². The number of rotatable bonds is 4. The average Bonchev–Trinajstić information content (AvgIpc) is 2.24. The number of halogens is 4. The highest BCUT2D eigenvalue weighted by molar-refractivity contribution is 6.30. The van der Waals surface area contributed by atoms with Crippen LogP contribution in [0.2, 0.25) is 5.02 Å². The molecule has 0 saturated heterocycles. The van der Waals surface area contributed by atoms with Crippen molar-refractivity contribution in [3.63, 3.8) is 0 Å². The molecule has 0 N–H and O–H groups in total. The molecule has 0 aliphatic rings. The Morgan fingerprint density at radius 1 is 1.29 bits per heavy atom. The largest absolute Gasteiger partial charge is 0.416 e. The van der Waals surface area contributed by atoms with E-state index in [1.54, 1.807) is 0 Å². The van der Waals surface area contributed by atoms with Gasteiger partial charge in [0, 0.05) is 5.02 Å². The van der Waals surface area contributed by atoms with Gasteiger partial charge < -0.3 is 0 Å². The van der Waals surface area contributed by atoms with Gasteiger partial charge in [-0.3, -0.25) is 0 Å². The van der Waals surface area contributed by atoms with Crippen LogP contribution in [0.25, 0.3) is 0 Å². The van der Waals surface area contributed by atoms with Crippen LogP contribution >= 0.6 is 11.6 Å².